The summed E-state index contributed by atoms with van der Waals surface area (Å²) in [6.07, 6.45) is 0. The number of carbonyl (C=O) groups is 1. The first kappa shape index (κ1) is 14.4. The van der Waals surface area contributed by atoms with Crippen LogP contribution in [0, 0.1) is 3.57 Å². The highest BCUT2D eigenvalue weighted by Gasteiger charge is 1.91. The second-order valence-corrected chi connectivity index (χ2v) is 5.73. The molecule has 1 aromatic carbocycles. The molecule has 0 bridgehead atoms. The van der Waals surface area contributed by atoms with E-state index in [-0.39, 0.29) is 5.56 Å². The fourth-order valence-electron chi connectivity index (χ4n) is 0.615. The Labute approximate surface area is 104 Å². The van der Waals surface area contributed by atoms with E-state index in [4.69, 9.17) is 0 Å². The van der Waals surface area contributed by atoms with Gasteiger partial charge in [-0.05, 0) is 40.3 Å². The van der Waals surface area contributed by atoms with Gasteiger partial charge in [-0.15, -0.1) is 0 Å². The number of carboxylic acid groups (broad SMARTS) is 1. The van der Waals surface area contributed by atoms with Gasteiger partial charge in [-0.2, -0.15) is 0 Å². The molecule has 0 amide bonds. The van der Waals surface area contributed by atoms with Gasteiger partial charge in [0.25, 0.3) is 0 Å². The number of benzene rings is 1. The highest BCUT2D eigenvalue weighted by Crippen LogP contribution is 2.06. The van der Waals surface area contributed by atoms with Gasteiger partial charge in [0.1, 0.15) is 0 Å². The lowest BCUT2D eigenvalue weighted by Crippen LogP contribution is -2.27. The summed E-state index contributed by atoms with van der Waals surface area (Å²) in [7, 11) is 8.50. The largest absolute Gasteiger partial charge is 0.545 e. The fraction of sp³-hybridized carbons (Fsp3) is 0.364. The van der Waals surface area contributed by atoms with Crippen molar-refractivity contribution in [2.45, 2.75) is 0 Å². The Kier molecular flexibility index (Phi) is 5.82. The summed E-state index contributed by atoms with van der Waals surface area (Å²) < 4.78 is 1.90. The van der Waals surface area contributed by atoms with Crippen molar-refractivity contribution in [3.8, 4) is 0 Å². The number of hydrogen-bond donors (Lipinski definition) is 0. The number of carbonyl (C=O) groups excluding carboxylic acids is 1. The number of quaternary nitrogens is 1. The topological polar surface area (TPSA) is 40.1 Å². The van der Waals surface area contributed by atoms with Crippen molar-refractivity contribution < 1.29 is 14.4 Å². The Morgan fingerprint density at radius 2 is 1.73 bits per heavy atom. The third-order valence-corrected chi connectivity index (χ3v) is 1.73. The van der Waals surface area contributed by atoms with E-state index >= 15 is 0 Å². The Balaban J connectivity index is 0.000000336. The molecular weight excluding hydrogens is 305 g/mol. The quantitative estimate of drug-likeness (QED) is 0.571. The number of aromatic carboxylic acids is 1. The molecule has 0 aromatic heterocycles. The SMILES string of the molecule is C[N+](C)(C)C.O=C([O-])c1cccc(I)c1. The van der Waals surface area contributed by atoms with Gasteiger partial charge in [-0.25, -0.2) is 0 Å². The molecule has 0 spiro atoms. The molecule has 0 unspecified atom stereocenters. The van der Waals surface area contributed by atoms with Crippen LogP contribution in [0.25, 0.3) is 0 Å². The molecule has 0 aliphatic carbocycles. The van der Waals surface area contributed by atoms with Crippen LogP contribution in [-0.4, -0.2) is 38.6 Å². The van der Waals surface area contributed by atoms with Crippen LogP contribution < -0.4 is 5.11 Å². The van der Waals surface area contributed by atoms with Crippen molar-refractivity contribution in [2.75, 3.05) is 28.2 Å². The molecule has 0 heterocycles. The van der Waals surface area contributed by atoms with Crippen LogP contribution in [0.1, 0.15) is 10.4 Å². The Bertz CT molecular complexity index is 326. The molecule has 1 aromatic rings. The van der Waals surface area contributed by atoms with Crippen LogP contribution in [0.15, 0.2) is 24.3 Å². The average Bonchev–Trinajstić information content (AvgIpc) is 2.00. The van der Waals surface area contributed by atoms with E-state index in [1.807, 2.05) is 28.7 Å². The highest BCUT2D eigenvalue weighted by molar-refractivity contribution is 14.1. The van der Waals surface area contributed by atoms with Crippen molar-refractivity contribution in [3.63, 3.8) is 0 Å². The van der Waals surface area contributed by atoms with Gasteiger partial charge in [-0.3, -0.25) is 0 Å². The summed E-state index contributed by atoms with van der Waals surface area (Å²) in [6, 6.07) is 6.59. The lowest BCUT2D eigenvalue weighted by Gasteiger charge is -2.14. The standard InChI is InChI=1S/C7H5IO2.C4H12N/c8-6-3-1-2-5(4-6)7(9)10;1-5(2,3)4/h1-4H,(H,9,10);1-4H3/q;+1/p-1. The van der Waals surface area contributed by atoms with Crippen molar-refractivity contribution >= 4 is 28.6 Å². The summed E-state index contributed by atoms with van der Waals surface area (Å²) >= 11 is 2.05. The molecule has 3 nitrogen and oxygen atoms in total. The summed E-state index contributed by atoms with van der Waals surface area (Å²) in [5.41, 5.74) is 0.229. The molecule has 0 N–H and O–H groups in total. The first-order valence-electron chi connectivity index (χ1n) is 4.46. The summed E-state index contributed by atoms with van der Waals surface area (Å²) in [5, 5.41) is 10.2. The molecule has 0 fully saturated rings. The molecule has 15 heavy (non-hydrogen) atoms. The zero-order chi connectivity index (χ0) is 12.1. The summed E-state index contributed by atoms with van der Waals surface area (Å²) in [4.78, 5) is 10.2. The van der Waals surface area contributed by atoms with Gasteiger partial charge in [-0.1, -0.05) is 12.1 Å². The first-order chi connectivity index (χ1) is 6.70. The minimum absolute atomic E-state index is 0.229. The fourth-order valence-corrected chi connectivity index (χ4v) is 1.16. The molecule has 0 aliphatic rings. The normalized spacial score (nSPS) is 10.2. The number of halogens is 1. The third kappa shape index (κ3) is 9.68. The first-order valence-corrected chi connectivity index (χ1v) is 5.54. The molecule has 0 atom stereocenters. The number of rotatable bonds is 1. The lowest BCUT2D eigenvalue weighted by molar-refractivity contribution is -0.849. The molecule has 0 saturated carbocycles. The van der Waals surface area contributed by atoms with Gasteiger partial charge in [0, 0.05) is 3.57 Å². The smallest absolute Gasteiger partial charge is 0.0715 e. The van der Waals surface area contributed by atoms with E-state index in [0.29, 0.717) is 0 Å². The highest BCUT2D eigenvalue weighted by atomic mass is 127. The zero-order valence-corrected chi connectivity index (χ0v) is 11.6. The molecule has 0 aliphatic heterocycles. The van der Waals surface area contributed by atoms with Crippen LogP contribution in [0.4, 0.5) is 0 Å². The maximum absolute atomic E-state index is 10.2. The van der Waals surface area contributed by atoms with Crippen LogP contribution in [0.5, 0.6) is 0 Å². The van der Waals surface area contributed by atoms with Gasteiger partial charge in [0.15, 0.2) is 0 Å². The third-order valence-electron chi connectivity index (χ3n) is 1.06. The molecule has 1 rings (SSSR count). The van der Waals surface area contributed by atoms with E-state index in [2.05, 4.69) is 28.2 Å². The monoisotopic (exact) mass is 321 g/mol. The predicted molar refractivity (Wildman–Crippen MR) is 67.4 cm³/mol. The number of nitrogens with zero attached hydrogens (tertiary/aromatic N) is 1. The van der Waals surface area contributed by atoms with Crippen molar-refractivity contribution in [1.29, 1.82) is 0 Å². The summed E-state index contributed by atoms with van der Waals surface area (Å²) in [6.45, 7) is 0. The molecule has 0 radical (unpaired) electrons. The van der Waals surface area contributed by atoms with Crippen molar-refractivity contribution in [3.05, 3.63) is 33.4 Å². The Morgan fingerprint density at radius 3 is 2.00 bits per heavy atom. The molecular formula is C11H16INO2. The number of hydrogen-bond acceptors (Lipinski definition) is 2. The minimum atomic E-state index is -1.13. The molecule has 4 heteroatoms. The number of carboxylic acids is 1. The Morgan fingerprint density at radius 1 is 1.27 bits per heavy atom. The Hall–Kier alpha value is -0.620. The van der Waals surface area contributed by atoms with E-state index < -0.39 is 5.97 Å². The maximum atomic E-state index is 10.2. The lowest BCUT2D eigenvalue weighted by atomic mass is 10.2. The van der Waals surface area contributed by atoms with Crippen LogP contribution in [0.2, 0.25) is 0 Å². The van der Waals surface area contributed by atoms with Crippen LogP contribution in [0.3, 0.4) is 0 Å². The van der Waals surface area contributed by atoms with Gasteiger partial charge in [0.05, 0.1) is 34.2 Å². The predicted octanol–water partition coefficient (Wildman–Crippen LogP) is 0.977. The summed E-state index contributed by atoms with van der Waals surface area (Å²) in [5.74, 6) is -1.13. The van der Waals surface area contributed by atoms with Gasteiger partial charge < -0.3 is 14.4 Å². The van der Waals surface area contributed by atoms with Gasteiger partial charge in [0.2, 0.25) is 0 Å². The molecule has 0 saturated heterocycles. The van der Waals surface area contributed by atoms with E-state index in [1.165, 1.54) is 6.07 Å². The van der Waals surface area contributed by atoms with Crippen molar-refractivity contribution in [1.82, 2.24) is 0 Å². The maximum Gasteiger partial charge on any atom is 0.0715 e. The second-order valence-electron chi connectivity index (χ2n) is 4.48. The minimum Gasteiger partial charge on any atom is -0.545 e. The average molecular weight is 321 g/mol. The van der Waals surface area contributed by atoms with Crippen molar-refractivity contribution in [2.24, 2.45) is 0 Å². The van der Waals surface area contributed by atoms with E-state index in [1.54, 1.807) is 12.1 Å². The van der Waals surface area contributed by atoms with Gasteiger partial charge >= 0.3 is 0 Å². The second kappa shape index (κ2) is 6.07. The van der Waals surface area contributed by atoms with E-state index in [9.17, 15) is 9.90 Å². The van der Waals surface area contributed by atoms with E-state index in [0.717, 1.165) is 8.05 Å². The van der Waals surface area contributed by atoms with Crippen LogP contribution >= 0.6 is 22.6 Å². The van der Waals surface area contributed by atoms with Crippen LogP contribution in [-0.2, 0) is 0 Å². The molecule has 84 valence electrons. The zero-order valence-electron chi connectivity index (χ0n) is 9.45.